The number of benzene rings is 4. The van der Waals surface area contributed by atoms with Crippen LogP contribution in [0.5, 0.6) is 0 Å². The van der Waals surface area contributed by atoms with E-state index in [1.807, 2.05) is 131 Å². The van der Waals surface area contributed by atoms with E-state index < -0.39 is 41.6 Å². The average Bonchev–Trinajstić information content (AvgIpc) is 0.819. The summed E-state index contributed by atoms with van der Waals surface area (Å²) < 4.78 is 40.5. The van der Waals surface area contributed by atoms with Crippen molar-refractivity contribution >= 4 is 38.0 Å². The molecule has 2 unspecified atom stereocenters. The van der Waals surface area contributed by atoms with Gasteiger partial charge >= 0.3 is 37.1 Å². The first kappa shape index (κ1) is 93.6. The van der Waals surface area contributed by atoms with Crippen molar-refractivity contribution in [3.63, 3.8) is 0 Å². The average molecular weight is 1820 g/mol. The standard InChI is InChI=1S/C17H25NO3.C16H22NO3.C15H18NO3.C7H13NO2.C7H7.C5H12F2Si.C4H9.Li.3W/c1-12-7-6-8-13(9-12)17(5,20)14-10-18(11-14)15(19)21-16(2,3)4;1-15(2,3)20-14(18)17-10-13(11-17)16(4,19)12-8-6-5-7-9-12;1-15(2,3)19-14(18)16-9-12(10-16)13(17)11-7-5-4-6-8-11;1-8(10-2)7(9)6-4-3-5-6;1-7-5-3-2-4-6-7;1-5(6,7)8(2,3)4;1-3-4-2;;;;/h6-9,14,20H,10-11H2,1-5H3;5-6,8-9,13,19H,10-11H2,1-4H3;4-5,7-8,12H,9-10H2,1-3H3;6H,3-5H2,1-2H3;2-3,5-6H,1H3;1-4H3;1,3-4H2,2H3;;;;/q;2*-1;;-1;;-1;+1;;;. The van der Waals surface area contributed by atoms with Crippen molar-refractivity contribution in [3.8, 4) is 0 Å². The fraction of sp³-hybridized carbons (Fsp3) is 0.577. The van der Waals surface area contributed by atoms with Gasteiger partial charge in [0.05, 0.1) is 12.7 Å². The monoisotopic (exact) mass is 1820 g/mol. The molecule has 93 heavy (non-hydrogen) atoms. The molecular weight excluding hydrogens is 1710 g/mol. The molecule has 1 saturated carbocycles. The minimum atomic E-state index is -2.42. The minimum Gasteiger partial charge on any atom is -0.444 e. The Morgan fingerprint density at radius 3 is 1.26 bits per heavy atom. The van der Waals surface area contributed by atoms with E-state index >= 15 is 0 Å². The molecule has 0 bridgehead atoms. The second kappa shape index (κ2) is 42.3. The number of aliphatic hydroxyl groups is 2. The van der Waals surface area contributed by atoms with E-state index in [1.54, 1.807) is 84.7 Å². The third kappa shape index (κ3) is 34.0. The van der Waals surface area contributed by atoms with Gasteiger partial charge in [0, 0.05) is 139 Å². The second-order valence-corrected chi connectivity index (χ2v) is 33.0. The number of hydrogen-bond donors (Lipinski definition) is 2. The van der Waals surface area contributed by atoms with Crippen molar-refractivity contribution in [2.24, 2.45) is 23.7 Å². The van der Waals surface area contributed by atoms with Gasteiger partial charge in [0.1, 0.15) is 30.7 Å². The molecule has 0 aromatic heterocycles. The van der Waals surface area contributed by atoms with Crippen LogP contribution in [-0.2, 0) is 98.2 Å². The van der Waals surface area contributed by atoms with Gasteiger partial charge in [0.25, 0.3) is 0 Å². The second-order valence-electron chi connectivity index (χ2n) is 27.6. The van der Waals surface area contributed by atoms with Gasteiger partial charge < -0.3 is 50.8 Å². The maximum Gasteiger partial charge on any atom is 1.00 e. The Morgan fingerprint density at radius 2 is 0.968 bits per heavy atom. The third-order valence-electron chi connectivity index (χ3n) is 15.0. The Hall–Kier alpha value is -3.55. The SMILES string of the molecule is CC(C)(C)OC(=O)N1CC(C(=O)c2c[c-]ccc2)C1.CC(C)(C)OC(=O)N1CC(C(C)(O)c2c[c-]ccc2)C1.CC(F)(F)[Si](C)(C)C.CON(C)C(=O)C1CCC1.Cc1c[c-]ccc1.Cc1cccc(C(C)(O)C2CN(C(=O)OC(C)(C)C)C2)c1.[CH2-]CCC.[Li+].[W].[W].[W]. The number of amides is 4. The van der Waals surface area contributed by atoms with E-state index in [0.29, 0.717) is 44.8 Å². The van der Waals surface area contributed by atoms with Crippen molar-refractivity contribution < 1.29 is 144 Å². The van der Waals surface area contributed by atoms with Gasteiger partial charge in [-0.2, -0.15) is 103 Å². The predicted molar refractivity (Wildman–Crippen MR) is 350 cm³/mol. The van der Waals surface area contributed by atoms with Gasteiger partial charge in [-0.15, -0.1) is 5.56 Å². The van der Waals surface area contributed by atoms with Crippen molar-refractivity contribution in [2.75, 3.05) is 53.4 Å². The molecule has 2 atom stereocenters. The van der Waals surface area contributed by atoms with Gasteiger partial charge in [0.2, 0.25) is 11.5 Å². The van der Waals surface area contributed by atoms with Crippen LogP contribution < -0.4 is 18.9 Å². The van der Waals surface area contributed by atoms with Crippen molar-refractivity contribution in [1.82, 2.24) is 19.8 Å². The normalized spacial score (nSPS) is 15.8. The Labute approximate surface area is 613 Å². The molecule has 4 aromatic rings. The van der Waals surface area contributed by atoms with Gasteiger partial charge in [0.15, 0.2) is 0 Å². The smallest absolute Gasteiger partial charge is 0.444 e. The summed E-state index contributed by atoms with van der Waals surface area (Å²) >= 11 is 0. The van der Waals surface area contributed by atoms with Crippen LogP contribution in [0.15, 0.2) is 97.1 Å². The van der Waals surface area contributed by atoms with Gasteiger partial charge in [-0.1, -0.05) is 81.7 Å². The molecule has 8 rings (SSSR count). The topological polar surface area (TPSA) is 176 Å². The number of ketones is 1. The van der Waals surface area contributed by atoms with Crippen LogP contribution in [0, 0.1) is 62.6 Å². The van der Waals surface area contributed by atoms with Crippen LogP contribution in [0.4, 0.5) is 23.2 Å². The molecule has 15 nitrogen and oxygen atoms in total. The molecule has 0 radical (unpaired) electrons. The summed E-state index contributed by atoms with van der Waals surface area (Å²) in [5, 5.41) is 22.7. The molecule has 1 aliphatic carbocycles. The summed E-state index contributed by atoms with van der Waals surface area (Å²) in [4.78, 5) is 68.3. The number of aryl methyl sites for hydroxylation is 2. The molecule has 516 valence electrons. The fourth-order valence-corrected chi connectivity index (χ4v) is 8.15. The zero-order valence-corrected chi connectivity index (χ0v) is 69.2. The Kier molecular flexibility index (Phi) is 42.6. The van der Waals surface area contributed by atoms with Crippen LogP contribution in [-0.4, -0.2) is 144 Å². The first-order chi connectivity index (χ1) is 41.0. The summed E-state index contributed by atoms with van der Waals surface area (Å²) in [5.41, 5.74) is -1.01. The molecule has 3 heterocycles. The van der Waals surface area contributed by atoms with E-state index in [1.165, 1.54) is 30.6 Å². The number of likely N-dealkylation sites (tertiary alicyclic amines) is 3. The van der Waals surface area contributed by atoms with Crippen LogP contribution in [0.1, 0.15) is 155 Å². The van der Waals surface area contributed by atoms with Crippen LogP contribution >= 0.6 is 0 Å². The number of ether oxygens (including phenoxy) is 3. The zero-order chi connectivity index (χ0) is 67.9. The maximum atomic E-state index is 12.3. The van der Waals surface area contributed by atoms with Crippen molar-refractivity contribution in [1.29, 1.82) is 0 Å². The van der Waals surface area contributed by atoms with E-state index in [0.717, 1.165) is 42.9 Å². The maximum absolute atomic E-state index is 12.3. The van der Waals surface area contributed by atoms with Gasteiger partial charge in [-0.05, 0) is 108 Å². The van der Waals surface area contributed by atoms with Crippen LogP contribution in [0.2, 0.25) is 19.6 Å². The first-order valence-electron chi connectivity index (χ1n) is 30.8. The molecule has 0 spiro atoms. The molecule has 4 aromatic carbocycles. The molecule has 22 heteroatoms. The largest absolute Gasteiger partial charge is 1.00 e. The predicted octanol–water partition coefficient (Wildman–Crippen LogP) is 11.9. The molecule has 4 aliphatic rings. The zero-order valence-electron chi connectivity index (χ0n) is 59.4. The number of hydrogen-bond acceptors (Lipinski definition) is 11. The number of rotatable bonds is 10. The summed E-state index contributed by atoms with van der Waals surface area (Å²) in [6.07, 6.45) is 4.56. The Bertz CT molecular complexity index is 2760. The number of nitrogens with zero attached hydrogens (tertiary/aromatic N) is 4. The van der Waals surface area contributed by atoms with Gasteiger partial charge in [-0.3, -0.25) is 9.63 Å². The number of Topliss-reactive ketones (excluding diaryl/α,β-unsaturated/α-hetero) is 1. The first-order valence-corrected chi connectivity index (χ1v) is 34.3. The van der Waals surface area contributed by atoms with E-state index in [-0.39, 0.29) is 136 Å². The Morgan fingerprint density at radius 1 is 0.602 bits per heavy atom. The van der Waals surface area contributed by atoms with E-state index in [4.69, 9.17) is 19.0 Å². The summed E-state index contributed by atoms with van der Waals surface area (Å²) in [6.45, 7) is 38.9. The minimum absolute atomic E-state index is 0. The molecule has 4 fully saturated rings. The quantitative estimate of drug-likeness (QED) is 0.0508. The molecular formula is C71H106F2LiN4O11SiW3-3. The summed E-state index contributed by atoms with van der Waals surface area (Å²) in [7, 11) is 0.972. The number of hydroxylamine groups is 2. The number of carbonyl (C=O) groups is 5. The van der Waals surface area contributed by atoms with Crippen LogP contribution in [0.25, 0.3) is 0 Å². The molecule has 3 aliphatic heterocycles. The molecule has 3 saturated heterocycles. The number of halogens is 2. The fourth-order valence-electron chi connectivity index (χ4n) is 8.15. The number of alkyl halides is 2. The van der Waals surface area contributed by atoms with Gasteiger partial charge in [-0.25, -0.2) is 28.2 Å². The number of unbranched alkanes of at least 4 members (excludes halogenated alkanes) is 1. The Balaban J connectivity index is -0.00000106. The van der Waals surface area contributed by atoms with Crippen molar-refractivity contribution in [2.45, 2.75) is 189 Å². The summed E-state index contributed by atoms with van der Waals surface area (Å²) in [6, 6.07) is 38.9. The van der Waals surface area contributed by atoms with E-state index in [9.17, 15) is 43.0 Å². The third-order valence-corrected chi connectivity index (χ3v) is 17.7. The molecule has 2 N–H and O–H groups in total. The number of carbonyl (C=O) groups excluding carboxylic acids is 5. The van der Waals surface area contributed by atoms with Crippen molar-refractivity contribution in [3.05, 3.63) is 150 Å². The summed E-state index contributed by atoms with van der Waals surface area (Å²) in [5.74, 6) is 0.358. The molecule has 4 amide bonds. The van der Waals surface area contributed by atoms with Crippen LogP contribution in [0.3, 0.4) is 0 Å². The van der Waals surface area contributed by atoms with E-state index in [2.05, 4.69) is 45.0 Å².